The molecule has 1 amide bonds. The number of rotatable bonds is 6. The third kappa shape index (κ3) is 5.30. The summed E-state index contributed by atoms with van der Waals surface area (Å²) in [6, 6.07) is 8.85. The highest BCUT2D eigenvalue weighted by molar-refractivity contribution is 7.87. The van der Waals surface area contributed by atoms with Crippen molar-refractivity contribution in [3.8, 4) is 0 Å². The van der Waals surface area contributed by atoms with Crippen molar-refractivity contribution in [3.05, 3.63) is 35.9 Å². The Morgan fingerprint density at radius 3 is 2.35 bits per heavy atom. The van der Waals surface area contributed by atoms with Gasteiger partial charge in [0, 0.05) is 31.7 Å². The maximum atomic E-state index is 12.3. The second-order valence-corrected chi connectivity index (χ2v) is 8.04. The predicted octanol–water partition coefficient (Wildman–Crippen LogP) is 1.23. The summed E-state index contributed by atoms with van der Waals surface area (Å²) in [6.07, 6.45) is 1.05. The van der Waals surface area contributed by atoms with E-state index in [-0.39, 0.29) is 19.0 Å². The lowest BCUT2D eigenvalue weighted by molar-refractivity contribution is 0.0954. The molecule has 2 atom stereocenters. The molecular formula is C16H25N3O3S. The molecule has 1 aromatic carbocycles. The lowest BCUT2D eigenvalue weighted by Gasteiger charge is -2.33. The molecule has 2 unspecified atom stereocenters. The van der Waals surface area contributed by atoms with Crippen LogP contribution in [0.5, 0.6) is 0 Å². The monoisotopic (exact) mass is 339 g/mol. The van der Waals surface area contributed by atoms with Crippen LogP contribution < -0.4 is 10.0 Å². The molecule has 7 heteroatoms. The average Bonchev–Trinajstić information content (AvgIpc) is 2.51. The minimum atomic E-state index is -3.48. The van der Waals surface area contributed by atoms with E-state index in [4.69, 9.17) is 0 Å². The SMILES string of the molecule is CC1CC(C)CN(S(=O)(=O)NCCNC(=O)c2ccccc2)C1. The van der Waals surface area contributed by atoms with E-state index in [1.807, 2.05) is 6.07 Å². The van der Waals surface area contributed by atoms with Crippen LogP contribution in [-0.2, 0) is 10.2 Å². The van der Waals surface area contributed by atoms with Crippen LogP contribution in [0.2, 0.25) is 0 Å². The van der Waals surface area contributed by atoms with Crippen LogP contribution in [0.4, 0.5) is 0 Å². The van der Waals surface area contributed by atoms with Crippen molar-refractivity contribution in [2.75, 3.05) is 26.2 Å². The molecule has 0 spiro atoms. The van der Waals surface area contributed by atoms with Crippen molar-refractivity contribution in [2.24, 2.45) is 11.8 Å². The number of amides is 1. The Hall–Kier alpha value is -1.44. The van der Waals surface area contributed by atoms with Crippen molar-refractivity contribution in [1.82, 2.24) is 14.3 Å². The lowest BCUT2D eigenvalue weighted by atomic mass is 9.94. The number of piperidine rings is 1. The highest BCUT2D eigenvalue weighted by Crippen LogP contribution is 2.22. The summed E-state index contributed by atoms with van der Waals surface area (Å²) in [5.74, 6) is 0.534. The van der Waals surface area contributed by atoms with Crippen molar-refractivity contribution < 1.29 is 13.2 Å². The van der Waals surface area contributed by atoms with Crippen molar-refractivity contribution >= 4 is 16.1 Å². The Balaban J connectivity index is 1.78. The van der Waals surface area contributed by atoms with Gasteiger partial charge in [0.05, 0.1) is 0 Å². The molecule has 0 radical (unpaired) electrons. The van der Waals surface area contributed by atoms with Gasteiger partial charge < -0.3 is 5.32 Å². The summed E-state index contributed by atoms with van der Waals surface area (Å²) in [5, 5.41) is 2.71. The van der Waals surface area contributed by atoms with Crippen LogP contribution in [-0.4, -0.2) is 44.8 Å². The summed E-state index contributed by atoms with van der Waals surface area (Å²) in [4.78, 5) is 11.9. The Morgan fingerprint density at radius 2 is 1.74 bits per heavy atom. The molecule has 2 rings (SSSR count). The molecule has 23 heavy (non-hydrogen) atoms. The number of nitrogens with one attached hydrogen (secondary N) is 2. The fourth-order valence-corrected chi connectivity index (χ4v) is 4.38. The van der Waals surface area contributed by atoms with Crippen molar-refractivity contribution in [2.45, 2.75) is 20.3 Å². The van der Waals surface area contributed by atoms with Gasteiger partial charge in [0.2, 0.25) is 0 Å². The van der Waals surface area contributed by atoms with E-state index in [1.165, 1.54) is 4.31 Å². The number of benzene rings is 1. The third-order valence-electron chi connectivity index (χ3n) is 3.91. The summed E-state index contributed by atoms with van der Waals surface area (Å²) < 4.78 is 28.7. The number of carbonyl (C=O) groups is 1. The maximum Gasteiger partial charge on any atom is 0.279 e. The zero-order chi connectivity index (χ0) is 16.9. The van der Waals surface area contributed by atoms with E-state index in [9.17, 15) is 13.2 Å². The third-order valence-corrected chi connectivity index (χ3v) is 5.45. The van der Waals surface area contributed by atoms with Gasteiger partial charge in [0.1, 0.15) is 0 Å². The lowest BCUT2D eigenvalue weighted by Crippen LogP contribution is -2.49. The van der Waals surface area contributed by atoms with Crippen LogP contribution in [0.25, 0.3) is 0 Å². The molecule has 2 N–H and O–H groups in total. The summed E-state index contributed by atoms with van der Waals surface area (Å²) in [7, 11) is -3.48. The molecule has 1 fully saturated rings. The topological polar surface area (TPSA) is 78.5 Å². The van der Waals surface area contributed by atoms with Gasteiger partial charge in [-0.3, -0.25) is 4.79 Å². The molecule has 1 heterocycles. The first-order valence-electron chi connectivity index (χ1n) is 7.96. The minimum Gasteiger partial charge on any atom is -0.351 e. The van der Waals surface area contributed by atoms with Gasteiger partial charge in [-0.05, 0) is 30.4 Å². The van der Waals surface area contributed by atoms with Crippen LogP contribution in [0.3, 0.4) is 0 Å². The van der Waals surface area contributed by atoms with E-state index >= 15 is 0 Å². The number of nitrogens with zero attached hydrogens (tertiary/aromatic N) is 1. The molecule has 0 bridgehead atoms. The quantitative estimate of drug-likeness (QED) is 0.765. The predicted molar refractivity (Wildman–Crippen MR) is 90.2 cm³/mol. The first-order valence-corrected chi connectivity index (χ1v) is 9.40. The molecule has 1 aliphatic rings. The second kappa shape index (κ2) is 7.90. The van der Waals surface area contributed by atoms with Crippen molar-refractivity contribution in [1.29, 1.82) is 0 Å². The average molecular weight is 339 g/mol. The van der Waals surface area contributed by atoms with E-state index in [2.05, 4.69) is 23.9 Å². The fourth-order valence-electron chi connectivity index (χ4n) is 2.94. The Bertz CT molecular complexity index is 609. The summed E-state index contributed by atoms with van der Waals surface area (Å²) in [5.41, 5.74) is 0.564. The van der Waals surface area contributed by atoms with Gasteiger partial charge in [0.15, 0.2) is 0 Å². The van der Waals surface area contributed by atoms with Crippen molar-refractivity contribution in [3.63, 3.8) is 0 Å². The van der Waals surface area contributed by atoms with Gasteiger partial charge in [0.25, 0.3) is 16.1 Å². The Labute approximate surface area is 138 Å². The zero-order valence-corrected chi connectivity index (χ0v) is 14.5. The number of carbonyl (C=O) groups excluding carboxylic acids is 1. The second-order valence-electron chi connectivity index (χ2n) is 6.28. The van der Waals surface area contributed by atoms with Crippen LogP contribution in [0, 0.1) is 11.8 Å². The highest BCUT2D eigenvalue weighted by atomic mass is 32.2. The minimum absolute atomic E-state index is 0.181. The van der Waals surface area contributed by atoms with Crippen LogP contribution in [0.15, 0.2) is 30.3 Å². The largest absolute Gasteiger partial charge is 0.351 e. The molecule has 1 aliphatic heterocycles. The molecule has 128 valence electrons. The molecule has 0 aromatic heterocycles. The molecule has 0 aliphatic carbocycles. The molecule has 6 nitrogen and oxygen atoms in total. The normalized spacial score (nSPS) is 22.7. The molecular weight excluding hydrogens is 314 g/mol. The van der Waals surface area contributed by atoms with Gasteiger partial charge in [-0.1, -0.05) is 32.0 Å². The van der Waals surface area contributed by atoms with Gasteiger partial charge >= 0.3 is 0 Å². The fraction of sp³-hybridized carbons (Fsp3) is 0.562. The van der Waals surface area contributed by atoms with Gasteiger partial charge in [-0.25, -0.2) is 4.72 Å². The zero-order valence-electron chi connectivity index (χ0n) is 13.7. The Kier molecular flexibility index (Phi) is 6.15. The summed E-state index contributed by atoms with van der Waals surface area (Å²) in [6.45, 7) is 5.68. The first kappa shape index (κ1) is 17.9. The first-order chi connectivity index (χ1) is 10.9. The molecule has 1 aromatic rings. The van der Waals surface area contributed by atoms with Gasteiger partial charge in [-0.15, -0.1) is 0 Å². The van der Waals surface area contributed by atoms with Gasteiger partial charge in [-0.2, -0.15) is 12.7 Å². The number of hydrogen-bond donors (Lipinski definition) is 2. The maximum absolute atomic E-state index is 12.3. The Morgan fingerprint density at radius 1 is 1.13 bits per heavy atom. The van der Waals surface area contributed by atoms with E-state index in [0.29, 0.717) is 30.5 Å². The number of hydrogen-bond acceptors (Lipinski definition) is 3. The smallest absolute Gasteiger partial charge is 0.279 e. The van der Waals surface area contributed by atoms with E-state index in [0.717, 1.165) is 6.42 Å². The summed E-state index contributed by atoms with van der Waals surface area (Å²) >= 11 is 0. The van der Waals surface area contributed by atoms with E-state index in [1.54, 1.807) is 24.3 Å². The standard InChI is InChI=1S/C16H25N3O3S/c1-13-10-14(2)12-19(11-13)23(21,22)18-9-8-17-16(20)15-6-4-3-5-7-15/h3-7,13-14,18H,8-12H2,1-2H3,(H,17,20). The highest BCUT2D eigenvalue weighted by Gasteiger charge is 2.29. The molecule has 1 saturated heterocycles. The van der Waals surface area contributed by atoms with Crippen LogP contribution >= 0.6 is 0 Å². The van der Waals surface area contributed by atoms with E-state index < -0.39 is 10.2 Å². The van der Waals surface area contributed by atoms with Crippen LogP contribution in [0.1, 0.15) is 30.6 Å². The molecule has 0 saturated carbocycles.